The van der Waals surface area contributed by atoms with Crippen LogP contribution in [0.1, 0.15) is 17.0 Å². The van der Waals surface area contributed by atoms with Crippen LogP contribution in [-0.4, -0.2) is 88.2 Å². The predicted molar refractivity (Wildman–Crippen MR) is 127 cm³/mol. The SMILES string of the molecule is CN(C)C1CN(Cc2ccccc2)CC1c1ccc(N2CCN(S(C)(=O)=O)CC2)cc1. The van der Waals surface area contributed by atoms with Crippen molar-refractivity contribution in [2.24, 2.45) is 0 Å². The van der Waals surface area contributed by atoms with Crippen LogP contribution >= 0.6 is 0 Å². The van der Waals surface area contributed by atoms with E-state index in [1.54, 1.807) is 4.31 Å². The molecule has 2 fully saturated rings. The molecule has 2 atom stereocenters. The first-order valence-electron chi connectivity index (χ1n) is 11.0. The van der Waals surface area contributed by atoms with Crippen LogP contribution in [-0.2, 0) is 16.6 Å². The second-order valence-corrected chi connectivity index (χ2v) is 11.0. The number of likely N-dealkylation sites (tertiary alicyclic amines) is 1. The van der Waals surface area contributed by atoms with E-state index in [-0.39, 0.29) is 0 Å². The highest BCUT2D eigenvalue weighted by Crippen LogP contribution is 2.32. The van der Waals surface area contributed by atoms with E-state index in [0.717, 1.165) is 32.7 Å². The summed E-state index contributed by atoms with van der Waals surface area (Å²) in [4.78, 5) is 7.20. The van der Waals surface area contributed by atoms with Gasteiger partial charge >= 0.3 is 0 Å². The van der Waals surface area contributed by atoms with Crippen molar-refractivity contribution in [3.63, 3.8) is 0 Å². The van der Waals surface area contributed by atoms with Gasteiger partial charge in [-0.2, -0.15) is 4.31 Å². The third kappa shape index (κ3) is 5.29. The third-order valence-electron chi connectivity index (χ3n) is 6.67. The van der Waals surface area contributed by atoms with Crippen molar-refractivity contribution in [1.29, 1.82) is 0 Å². The topological polar surface area (TPSA) is 47.1 Å². The van der Waals surface area contributed by atoms with Gasteiger partial charge in [-0.05, 0) is 37.4 Å². The summed E-state index contributed by atoms with van der Waals surface area (Å²) >= 11 is 0. The van der Waals surface area contributed by atoms with Gasteiger partial charge in [-0.1, -0.05) is 42.5 Å². The molecule has 0 radical (unpaired) electrons. The molecule has 2 aromatic rings. The fraction of sp³-hybridized carbons (Fsp3) is 0.500. The van der Waals surface area contributed by atoms with Gasteiger partial charge in [0.25, 0.3) is 0 Å². The van der Waals surface area contributed by atoms with Crippen molar-refractivity contribution in [3.05, 3.63) is 65.7 Å². The van der Waals surface area contributed by atoms with E-state index in [0.29, 0.717) is 25.0 Å². The summed E-state index contributed by atoms with van der Waals surface area (Å²) < 4.78 is 25.1. The van der Waals surface area contributed by atoms with Crippen molar-refractivity contribution in [1.82, 2.24) is 14.1 Å². The van der Waals surface area contributed by atoms with Crippen molar-refractivity contribution < 1.29 is 8.42 Å². The molecule has 7 heteroatoms. The van der Waals surface area contributed by atoms with E-state index in [9.17, 15) is 8.42 Å². The van der Waals surface area contributed by atoms with Crippen LogP contribution in [0.25, 0.3) is 0 Å². The number of piperazine rings is 1. The van der Waals surface area contributed by atoms with Gasteiger partial charge in [0.2, 0.25) is 10.0 Å². The quantitative estimate of drug-likeness (QED) is 0.687. The monoisotopic (exact) mass is 442 g/mol. The largest absolute Gasteiger partial charge is 0.369 e. The maximum Gasteiger partial charge on any atom is 0.211 e. The van der Waals surface area contributed by atoms with Crippen LogP contribution in [0.5, 0.6) is 0 Å². The number of hydrogen-bond donors (Lipinski definition) is 0. The minimum Gasteiger partial charge on any atom is -0.369 e. The van der Waals surface area contributed by atoms with Crippen molar-refractivity contribution in [2.75, 3.05) is 64.5 Å². The molecule has 168 valence electrons. The molecule has 0 amide bonds. The summed E-state index contributed by atoms with van der Waals surface area (Å²) in [6.07, 6.45) is 1.29. The van der Waals surface area contributed by atoms with Gasteiger partial charge in [-0.25, -0.2) is 8.42 Å². The lowest BCUT2D eigenvalue weighted by Gasteiger charge is -2.35. The Bertz CT molecular complexity index is 955. The molecule has 0 saturated carbocycles. The van der Waals surface area contributed by atoms with Crippen LogP contribution < -0.4 is 4.90 Å². The van der Waals surface area contributed by atoms with Gasteiger partial charge < -0.3 is 9.80 Å². The van der Waals surface area contributed by atoms with Crippen LogP contribution in [0, 0.1) is 0 Å². The Morgan fingerprint density at radius 2 is 1.55 bits per heavy atom. The zero-order valence-corrected chi connectivity index (χ0v) is 19.6. The average molecular weight is 443 g/mol. The van der Waals surface area contributed by atoms with Crippen molar-refractivity contribution >= 4 is 15.7 Å². The van der Waals surface area contributed by atoms with Gasteiger partial charge in [0.15, 0.2) is 0 Å². The summed E-state index contributed by atoms with van der Waals surface area (Å²) in [6, 6.07) is 20.1. The number of benzene rings is 2. The average Bonchev–Trinajstić information content (AvgIpc) is 3.18. The molecular weight excluding hydrogens is 408 g/mol. The molecular formula is C24H34N4O2S. The standard InChI is InChI=1S/C24H34N4O2S/c1-25(2)24-19-26(17-20-7-5-4-6-8-20)18-23(24)21-9-11-22(12-10-21)27-13-15-28(16-14-27)31(3,29)30/h4-12,23-24H,13-19H2,1-3H3. The Morgan fingerprint density at radius 3 is 2.13 bits per heavy atom. The Hall–Kier alpha value is -1.93. The minimum absolute atomic E-state index is 0.481. The highest BCUT2D eigenvalue weighted by atomic mass is 32.2. The molecule has 2 unspecified atom stereocenters. The van der Waals surface area contributed by atoms with Gasteiger partial charge in [0.1, 0.15) is 0 Å². The third-order valence-corrected chi connectivity index (χ3v) is 7.97. The van der Waals surface area contributed by atoms with Crippen LogP contribution in [0.15, 0.2) is 54.6 Å². The van der Waals surface area contributed by atoms with Crippen LogP contribution in [0.4, 0.5) is 5.69 Å². The predicted octanol–water partition coefficient (Wildman–Crippen LogP) is 2.30. The molecule has 2 aromatic carbocycles. The molecule has 2 saturated heterocycles. The zero-order valence-electron chi connectivity index (χ0n) is 18.8. The molecule has 2 aliphatic heterocycles. The molecule has 6 nitrogen and oxygen atoms in total. The first-order chi connectivity index (χ1) is 14.8. The number of hydrogen-bond acceptors (Lipinski definition) is 5. The molecule has 0 N–H and O–H groups in total. The number of rotatable bonds is 6. The van der Waals surface area contributed by atoms with Gasteiger partial charge in [0.05, 0.1) is 6.26 Å². The summed E-state index contributed by atoms with van der Waals surface area (Å²) in [5, 5.41) is 0. The number of sulfonamides is 1. The molecule has 2 heterocycles. The normalized spacial score (nSPS) is 23.5. The molecule has 0 aliphatic carbocycles. The summed E-state index contributed by atoms with van der Waals surface area (Å²) in [7, 11) is 1.27. The molecule has 0 spiro atoms. The zero-order chi connectivity index (χ0) is 22.0. The molecule has 4 rings (SSSR count). The first-order valence-corrected chi connectivity index (χ1v) is 12.9. The van der Waals surface area contributed by atoms with Gasteiger partial charge in [-0.15, -0.1) is 0 Å². The molecule has 31 heavy (non-hydrogen) atoms. The highest BCUT2D eigenvalue weighted by molar-refractivity contribution is 7.88. The van der Waals surface area contributed by atoms with E-state index >= 15 is 0 Å². The second-order valence-electron chi connectivity index (χ2n) is 9.06. The summed E-state index contributed by atoms with van der Waals surface area (Å²) in [6.45, 7) is 5.71. The van der Waals surface area contributed by atoms with E-state index in [4.69, 9.17) is 0 Å². The minimum atomic E-state index is -3.09. The van der Waals surface area contributed by atoms with Gasteiger partial charge in [0, 0.05) is 63.5 Å². The highest BCUT2D eigenvalue weighted by Gasteiger charge is 2.35. The van der Waals surface area contributed by atoms with Crippen molar-refractivity contribution in [3.8, 4) is 0 Å². The second kappa shape index (κ2) is 9.28. The Labute approximate surface area is 187 Å². The number of anilines is 1. The van der Waals surface area contributed by atoms with Gasteiger partial charge in [-0.3, -0.25) is 4.90 Å². The molecule has 2 aliphatic rings. The van der Waals surface area contributed by atoms with E-state index in [1.807, 2.05) is 0 Å². The summed E-state index contributed by atoms with van der Waals surface area (Å²) in [5.74, 6) is 0.481. The van der Waals surface area contributed by atoms with Crippen LogP contribution in [0.3, 0.4) is 0 Å². The van der Waals surface area contributed by atoms with E-state index < -0.39 is 10.0 Å². The maximum atomic E-state index is 11.7. The lowest BCUT2D eigenvalue weighted by atomic mass is 9.93. The fourth-order valence-corrected chi connectivity index (χ4v) is 5.72. The lowest BCUT2D eigenvalue weighted by Crippen LogP contribution is -2.48. The molecule has 0 bridgehead atoms. The smallest absolute Gasteiger partial charge is 0.211 e. The Morgan fingerprint density at radius 1 is 0.903 bits per heavy atom. The lowest BCUT2D eigenvalue weighted by molar-refractivity contribution is 0.260. The fourth-order valence-electron chi connectivity index (χ4n) is 4.90. The number of likely N-dealkylation sites (N-methyl/N-ethyl adjacent to an activating group) is 1. The summed E-state index contributed by atoms with van der Waals surface area (Å²) in [5.41, 5.74) is 3.93. The Kier molecular flexibility index (Phi) is 6.67. The molecule has 0 aromatic heterocycles. The first kappa shape index (κ1) is 22.3. The Balaban J connectivity index is 1.42. The van der Waals surface area contributed by atoms with E-state index in [1.165, 1.54) is 23.1 Å². The van der Waals surface area contributed by atoms with E-state index in [2.05, 4.69) is 83.4 Å². The number of nitrogens with zero attached hydrogens (tertiary/aromatic N) is 4. The van der Waals surface area contributed by atoms with Crippen molar-refractivity contribution in [2.45, 2.75) is 18.5 Å². The van der Waals surface area contributed by atoms with Crippen LogP contribution in [0.2, 0.25) is 0 Å². The maximum absolute atomic E-state index is 11.7.